The number of rotatable bonds is 6. The highest BCUT2D eigenvalue weighted by molar-refractivity contribution is 7.99. The molecule has 2 N–H and O–H groups in total. The van der Waals surface area contributed by atoms with Gasteiger partial charge in [0.05, 0.1) is 5.69 Å². The molecule has 7 nitrogen and oxygen atoms in total. The Balaban J connectivity index is 1.67. The van der Waals surface area contributed by atoms with Gasteiger partial charge in [-0.3, -0.25) is 4.79 Å². The quantitative estimate of drug-likeness (QED) is 0.830. The van der Waals surface area contributed by atoms with Crippen LogP contribution >= 0.6 is 11.8 Å². The van der Waals surface area contributed by atoms with E-state index in [0.29, 0.717) is 12.4 Å². The first kappa shape index (κ1) is 16.8. The van der Waals surface area contributed by atoms with Crippen LogP contribution in [-0.4, -0.2) is 49.7 Å². The summed E-state index contributed by atoms with van der Waals surface area (Å²) < 4.78 is 1.60. The number of para-hydroxylation sites is 1. The number of aromatic nitrogens is 4. The van der Waals surface area contributed by atoms with Gasteiger partial charge in [-0.1, -0.05) is 30.2 Å². The minimum Gasteiger partial charge on any atom is -0.352 e. The van der Waals surface area contributed by atoms with Crippen molar-refractivity contribution in [3.05, 3.63) is 30.3 Å². The van der Waals surface area contributed by atoms with E-state index in [1.807, 2.05) is 49.0 Å². The van der Waals surface area contributed by atoms with Gasteiger partial charge in [0, 0.05) is 6.04 Å². The number of nitrogens with one attached hydrogen (secondary N) is 2. The molecule has 2 aromatic rings. The Labute approximate surface area is 145 Å². The third-order valence-electron chi connectivity index (χ3n) is 4.07. The van der Waals surface area contributed by atoms with Crippen LogP contribution in [0.3, 0.4) is 0 Å². The molecule has 1 fully saturated rings. The summed E-state index contributed by atoms with van der Waals surface area (Å²) >= 11 is 1.95. The van der Waals surface area contributed by atoms with Crippen molar-refractivity contribution in [2.45, 2.75) is 38.3 Å². The number of nitrogens with zero attached hydrogens (tertiary/aromatic N) is 4. The molecule has 3 rings (SSSR count). The number of carbonyl (C=O) groups is 1. The van der Waals surface area contributed by atoms with Crippen LogP contribution in [0.15, 0.2) is 30.3 Å². The fourth-order valence-corrected chi connectivity index (χ4v) is 3.78. The molecule has 0 spiro atoms. The lowest BCUT2D eigenvalue weighted by Crippen LogP contribution is -2.45. The maximum absolute atomic E-state index is 12.6. The lowest BCUT2D eigenvalue weighted by molar-refractivity contribution is -0.122. The minimum absolute atomic E-state index is 0.0111. The summed E-state index contributed by atoms with van der Waals surface area (Å²) in [6.07, 6.45) is 2.73. The summed E-state index contributed by atoms with van der Waals surface area (Å²) in [6, 6.07) is 9.54. The molecule has 1 aliphatic rings. The maximum Gasteiger partial charge on any atom is 0.248 e. The highest BCUT2D eigenvalue weighted by Crippen LogP contribution is 2.17. The van der Waals surface area contributed by atoms with E-state index in [0.717, 1.165) is 30.0 Å². The normalized spacial score (nSPS) is 16.5. The van der Waals surface area contributed by atoms with Gasteiger partial charge in [-0.25, -0.2) is 0 Å². The molecule has 1 aromatic carbocycles. The average Bonchev–Trinajstić information content (AvgIpc) is 3.09. The highest BCUT2D eigenvalue weighted by atomic mass is 32.2. The third kappa shape index (κ3) is 4.05. The first-order valence-electron chi connectivity index (χ1n) is 8.26. The molecule has 1 amide bonds. The number of anilines is 1. The SMILES string of the molecule is CC[C@H](Nc1nnnn1-c1ccccc1)C(=O)NC1CCSCC1. The molecule has 0 radical (unpaired) electrons. The molecule has 24 heavy (non-hydrogen) atoms. The Morgan fingerprint density at radius 3 is 2.79 bits per heavy atom. The number of tetrazole rings is 1. The molecule has 1 aliphatic heterocycles. The van der Waals surface area contributed by atoms with Crippen molar-refractivity contribution >= 4 is 23.6 Å². The first-order valence-corrected chi connectivity index (χ1v) is 9.42. The molecule has 0 bridgehead atoms. The molecule has 1 saturated heterocycles. The van der Waals surface area contributed by atoms with Gasteiger partial charge >= 0.3 is 0 Å². The topological polar surface area (TPSA) is 84.7 Å². The summed E-state index contributed by atoms with van der Waals surface area (Å²) in [7, 11) is 0. The number of hydrogen-bond acceptors (Lipinski definition) is 6. The molecule has 2 heterocycles. The molecular formula is C16H22N6OS. The second-order valence-electron chi connectivity index (χ2n) is 5.75. The van der Waals surface area contributed by atoms with E-state index in [1.165, 1.54) is 0 Å². The van der Waals surface area contributed by atoms with Gasteiger partial charge in [0.2, 0.25) is 11.9 Å². The zero-order valence-electron chi connectivity index (χ0n) is 13.7. The Morgan fingerprint density at radius 1 is 1.33 bits per heavy atom. The van der Waals surface area contributed by atoms with Crippen LogP contribution in [-0.2, 0) is 4.79 Å². The van der Waals surface area contributed by atoms with Crippen LogP contribution in [0.25, 0.3) is 5.69 Å². The van der Waals surface area contributed by atoms with Crippen LogP contribution in [0, 0.1) is 0 Å². The molecule has 128 valence electrons. The van der Waals surface area contributed by atoms with Gasteiger partial charge in [-0.2, -0.15) is 16.4 Å². The van der Waals surface area contributed by atoms with Crippen LogP contribution in [0.2, 0.25) is 0 Å². The van der Waals surface area contributed by atoms with Gasteiger partial charge in [0.1, 0.15) is 6.04 Å². The fraction of sp³-hybridized carbons (Fsp3) is 0.500. The molecule has 1 aromatic heterocycles. The number of benzene rings is 1. The van der Waals surface area contributed by atoms with E-state index >= 15 is 0 Å². The lowest BCUT2D eigenvalue weighted by atomic mass is 10.1. The minimum atomic E-state index is -0.354. The van der Waals surface area contributed by atoms with Crippen molar-refractivity contribution in [3.8, 4) is 5.69 Å². The predicted octanol–water partition coefficient (Wildman–Crippen LogP) is 1.86. The van der Waals surface area contributed by atoms with Crippen molar-refractivity contribution in [2.24, 2.45) is 0 Å². The third-order valence-corrected chi connectivity index (χ3v) is 5.11. The first-order chi connectivity index (χ1) is 11.8. The number of hydrogen-bond donors (Lipinski definition) is 2. The number of amides is 1. The van der Waals surface area contributed by atoms with Crippen LogP contribution in [0.5, 0.6) is 0 Å². The Hall–Kier alpha value is -2.09. The molecular weight excluding hydrogens is 324 g/mol. The Kier molecular flexibility index (Phi) is 5.68. The van der Waals surface area contributed by atoms with E-state index in [-0.39, 0.29) is 18.0 Å². The fourth-order valence-electron chi connectivity index (χ4n) is 2.67. The van der Waals surface area contributed by atoms with Gasteiger partial charge in [-0.15, -0.1) is 0 Å². The summed E-state index contributed by atoms with van der Waals surface area (Å²) in [5.74, 6) is 2.71. The van der Waals surface area contributed by atoms with Gasteiger partial charge in [0.25, 0.3) is 0 Å². The molecule has 0 unspecified atom stereocenters. The van der Waals surface area contributed by atoms with E-state index in [9.17, 15) is 4.79 Å². The average molecular weight is 346 g/mol. The zero-order valence-corrected chi connectivity index (χ0v) is 14.5. The van der Waals surface area contributed by atoms with Crippen LogP contribution < -0.4 is 10.6 Å². The highest BCUT2D eigenvalue weighted by Gasteiger charge is 2.23. The van der Waals surface area contributed by atoms with E-state index in [4.69, 9.17) is 0 Å². The summed E-state index contributed by atoms with van der Waals surface area (Å²) in [6.45, 7) is 1.98. The van der Waals surface area contributed by atoms with Crippen LogP contribution in [0.4, 0.5) is 5.95 Å². The molecule has 8 heteroatoms. The summed E-state index contributed by atoms with van der Waals surface area (Å²) in [4.78, 5) is 12.6. The second-order valence-corrected chi connectivity index (χ2v) is 6.97. The Bertz CT molecular complexity index is 656. The van der Waals surface area contributed by atoms with Crippen molar-refractivity contribution in [3.63, 3.8) is 0 Å². The standard InChI is InChI=1S/C16H22N6OS/c1-2-14(15(23)17-12-8-10-24-11-9-12)18-16-19-20-21-22(16)13-6-4-3-5-7-13/h3-7,12,14H,2,8-11H2,1H3,(H,17,23)(H,18,19,21)/t14-/m0/s1. The van der Waals surface area contributed by atoms with Crippen molar-refractivity contribution in [2.75, 3.05) is 16.8 Å². The van der Waals surface area contributed by atoms with E-state index in [1.54, 1.807) is 4.68 Å². The van der Waals surface area contributed by atoms with Crippen LogP contribution in [0.1, 0.15) is 26.2 Å². The largest absolute Gasteiger partial charge is 0.352 e. The smallest absolute Gasteiger partial charge is 0.248 e. The number of carbonyl (C=O) groups excluding carboxylic acids is 1. The number of thioether (sulfide) groups is 1. The molecule has 0 aliphatic carbocycles. The second kappa shape index (κ2) is 8.14. The monoisotopic (exact) mass is 346 g/mol. The van der Waals surface area contributed by atoms with Crippen molar-refractivity contribution in [1.29, 1.82) is 0 Å². The molecule has 0 saturated carbocycles. The predicted molar refractivity (Wildman–Crippen MR) is 95.3 cm³/mol. The zero-order chi connectivity index (χ0) is 16.8. The summed E-state index contributed by atoms with van der Waals surface area (Å²) in [5.41, 5.74) is 0.851. The van der Waals surface area contributed by atoms with Crippen molar-refractivity contribution < 1.29 is 4.79 Å². The van der Waals surface area contributed by atoms with Gasteiger partial charge in [-0.05, 0) is 53.3 Å². The van der Waals surface area contributed by atoms with Gasteiger partial charge in [0.15, 0.2) is 0 Å². The maximum atomic E-state index is 12.6. The van der Waals surface area contributed by atoms with Crippen molar-refractivity contribution in [1.82, 2.24) is 25.5 Å². The summed E-state index contributed by atoms with van der Waals surface area (Å²) in [5, 5.41) is 18.1. The van der Waals surface area contributed by atoms with Gasteiger partial charge < -0.3 is 10.6 Å². The Morgan fingerprint density at radius 2 is 2.08 bits per heavy atom. The lowest BCUT2D eigenvalue weighted by Gasteiger charge is -2.25. The molecule has 1 atom stereocenters. The van der Waals surface area contributed by atoms with E-state index < -0.39 is 0 Å². The van der Waals surface area contributed by atoms with E-state index in [2.05, 4.69) is 26.2 Å².